The number of fused-ring (bicyclic) bond motifs is 1. The van der Waals surface area contributed by atoms with Gasteiger partial charge in [0.1, 0.15) is 0 Å². The zero-order valence-electron chi connectivity index (χ0n) is 25.9. The standard InChI is InChI=1S/C34H38N8O4/c1-45-34(33(44)37-27-7-8-29-28(21-27)32(39-38-29)42-17-19-46-20-18-42)11-16-40(23-34)22-30(43)41-14-9-25(10-15-41)24-3-5-26(6-4-24)31-35-12-2-13-36-31/h2-9,12-13,21H,10-11,14-20,22-23H2,1H3,(H,37,44)(H,38,39)/t34-/m0/s1. The fourth-order valence-electron chi connectivity index (χ4n) is 6.51. The summed E-state index contributed by atoms with van der Waals surface area (Å²) in [7, 11) is 1.57. The molecule has 2 amide bonds. The van der Waals surface area contributed by atoms with E-state index in [4.69, 9.17) is 9.47 Å². The van der Waals surface area contributed by atoms with Gasteiger partial charge in [-0.05, 0) is 48.2 Å². The number of carbonyl (C=O) groups is 2. The van der Waals surface area contributed by atoms with Gasteiger partial charge in [0.2, 0.25) is 5.91 Å². The molecule has 2 aromatic carbocycles. The van der Waals surface area contributed by atoms with Crippen molar-refractivity contribution < 1.29 is 19.1 Å². The van der Waals surface area contributed by atoms with Crippen molar-refractivity contribution in [1.29, 1.82) is 0 Å². The first kappa shape index (κ1) is 30.0. The van der Waals surface area contributed by atoms with E-state index in [2.05, 4.69) is 48.6 Å². The second-order valence-corrected chi connectivity index (χ2v) is 12.0. The molecule has 0 unspecified atom stereocenters. The summed E-state index contributed by atoms with van der Waals surface area (Å²) in [6, 6.07) is 15.8. The average Bonchev–Trinajstić information content (AvgIpc) is 3.74. The average molecular weight is 623 g/mol. The van der Waals surface area contributed by atoms with Gasteiger partial charge in [-0.25, -0.2) is 9.97 Å². The number of benzene rings is 2. The number of methoxy groups -OCH3 is 1. The van der Waals surface area contributed by atoms with E-state index in [1.165, 1.54) is 5.57 Å². The van der Waals surface area contributed by atoms with Crippen molar-refractivity contribution in [2.75, 3.05) is 76.4 Å². The highest BCUT2D eigenvalue weighted by atomic mass is 16.5. The van der Waals surface area contributed by atoms with E-state index < -0.39 is 5.60 Å². The smallest absolute Gasteiger partial charge is 0.258 e. The number of hydrogen-bond acceptors (Lipinski definition) is 9. The van der Waals surface area contributed by atoms with Crippen LogP contribution in [-0.2, 0) is 19.1 Å². The van der Waals surface area contributed by atoms with Crippen molar-refractivity contribution >= 4 is 39.8 Å². The molecule has 12 nitrogen and oxygen atoms in total. The summed E-state index contributed by atoms with van der Waals surface area (Å²) in [6.45, 7) is 5.27. The second-order valence-electron chi connectivity index (χ2n) is 12.0. The Labute approximate surface area is 267 Å². The van der Waals surface area contributed by atoms with Gasteiger partial charge >= 0.3 is 0 Å². The van der Waals surface area contributed by atoms with Crippen molar-refractivity contribution in [3.05, 3.63) is 72.6 Å². The lowest BCUT2D eigenvalue weighted by Gasteiger charge is -2.30. The van der Waals surface area contributed by atoms with Crippen LogP contribution in [0.5, 0.6) is 0 Å². The Kier molecular flexibility index (Phi) is 8.48. The van der Waals surface area contributed by atoms with E-state index in [-0.39, 0.29) is 18.4 Å². The third-order valence-electron chi connectivity index (χ3n) is 9.23. The van der Waals surface area contributed by atoms with Gasteiger partial charge in [-0.3, -0.25) is 19.6 Å². The maximum absolute atomic E-state index is 13.6. The van der Waals surface area contributed by atoms with Crippen LogP contribution in [0.25, 0.3) is 27.9 Å². The second kappa shape index (κ2) is 13.0. The third-order valence-corrected chi connectivity index (χ3v) is 9.23. The van der Waals surface area contributed by atoms with Crippen molar-refractivity contribution in [3.8, 4) is 11.4 Å². The van der Waals surface area contributed by atoms with Crippen LogP contribution < -0.4 is 10.2 Å². The van der Waals surface area contributed by atoms with E-state index in [1.807, 2.05) is 40.1 Å². The minimum Gasteiger partial charge on any atom is -0.378 e. The highest BCUT2D eigenvalue weighted by molar-refractivity contribution is 6.01. The predicted octanol–water partition coefficient (Wildman–Crippen LogP) is 3.20. The van der Waals surface area contributed by atoms with Crippen molar-refractivity contribution in [2.45, 2.75) is 18.4 Å². The molecule has 2 saturated heterocycles. The number of amides is 2. The zero-order valence-corrected chi connectivity index (χ0v) is 25.9. The minimum absolute atomic E-state index is 0.0558. The molecule has 0 saturated carbocycles. The molecule has 12 heteroatoms. The number of H-pyrrole nitrogens is 1. The van der Waals surface area contributed by atoms with Gasteiger partial charge < -0.3 is 24.6 Å². The van der Waals surface area contributed by atoms with E-state index in [9.17, 15) is 9.59 Å². The largest absolute Gasteiger partial charge is 0.378 e. The van der Waals surface area contributed by atoms with Crippen LogP contribution in [0, 0.1) is 0 Å². The van der Waals surface area contributed by atoms with E-state index in [0.717, 1.165) is 47.4 Å². The number of carbonyl (C=O) groups excluding carboxylic acids is 2. The van der Waals surface area contributed by atoms with Gasteiger partial charge in [0.25, 0.3) is 5.91 Å². The molecule has 0 radical (unpaired) electrons. The van der Waals surface area contributed by atoms with Gasteiger partial charge in [-0.15, -0.1) is 0 Å². The monoisotopic (exact) mass is 622 g/mol. The molecule has 1 atom stereocenters. The van der Waals surface area contributed by atoms with Gasteiger partial charge in [-0.1, -0.05) is 30.3 Å². The Balaban J connectivity index is 0.947. The molecular weight excluding hydrogens is 584 g/mol. The molecule has 5 heterocycles. The molecule has 3 aliphatic rings. The lowest BCUT2D eigenvalue weighted by Crippen LogP contribution is -2.48. The van der Waals surface area contributed by atoms with Crippen LogP contribution >= 0.6 is 0 Å². The number of hydrogen-bond donors (Lipinski definition) is 2. The van der Waals surface area contributed by atoms with Crippen LogP contribution in [0.2, 0.25) is 0 Å². The summed E-state index contributed by atoms with van der Waals surface area (Å²) in [5, 5.41) is 11.6. The Morgan fingerprint density at radius 1 is 1.02 bits per heavy atom. The van der Waals surface area contributed by atoms with Gasteiger partial charge in [0.15, 0.2) is 17.2 Å². The summed E-state index contributed by atoms with van der Waals surface area (Å²) >= 11 is 0. The fourth-order valence-corrected chi connectivity index (χ4v) is 6.51. The Hall–Kier alpha value is -4.65. The molecule has 2 fully saturated rings. The SMILES string of the molecule is CO[C@@]1(C(=O)Nc2ccc3[nH]nc(N4CCOCC4)c3c2)CCN(CC(=O)N2CC=C(c3ccc(-c4ncccn4)cc3)CC2)C1. The van der Waals surface area contributed by atoms with Gasteiger partial charge in [0.05, 0.1) is 25.3 Å². The van der Waals surface area contributed by atoms with Gasteiger partial charge in [0, 0.05) is 75.4 Å². The number of nitrogens with one attached hydrogen (secondary N) is 2. The van der Waals surface area contributed by atoms with Crippen LogP contribution in [0.4, 0.5) is 11.5 Å². The van der Waals surface area contributed by atoms with Crippen LogP contribution in [0.3, 0.4) is 0 Å². The van der Waals surface area contributed by atoms with E-state index in [1.54, 1.807) is 25.6 Å². The lowest BCUT2D eigenvalue weighted by molar-refractivity contribution is -0.138. The molecule has 2 N–H and O–H groups in total. The first-order valence-corrected chi connectivity index (χ1v) is 15.8. The molecule has 4 aromatic rings. The minimum atomic E-state index is -1.04. The molecule has 7 rings (SSSR count). The molecule has 3 aliphatic heterocycles. The number of rotatable bonds is 8. The predicted molar refractivity (Wildman–Crippen MR) is 175 cm³/mol. The third kappa shape index (κ3) is 6.11. The number of anilines is 2. The summed E-state index contributed by atoms with van der Waals surface area (Å²) < 4.78 is 11.3. The first-order chi connectivity index (χ1) is 22.5. The van der Waals surface area contributed by atoms with Crippen molar-refractivity contribution in [2.24, 2.45) is 0 Å². The number of ether oxygens (including phenoxy) is 2. The topological polar surface area (TPSA) is 129 Å². The van der Waals surface area contributed by atoms with E-state index >= 15 is 0 Å². The Morgan fingerprint density at radius 3 is 2.54 bits per heavy atom. The number of nitrogens with zero attached hydrogens (tertiary/aromatic N) is 6. The maximum Gasteiger partial charge on any atom is 0.258 e. The number of morpholine rings is 1. The van der Waals surface area contributed by atoms with Crippen LogP contribution in [0.1, 0.15) is 18.4 Å². The lowest BCUT2D eigenvalue weighted by atomic mass is 9.98. The maximum atomic E-state index is 13.6. The summed E-state index contributed by atoms with van der Waals surface area (Å²) in [4.78, 5) is 41.6. The fraction of sp³-hybridized carbons (Fsp3) is 0.382. The van der Waals surface area contributed by atoms with Crippen LogP contribution in [-0.4, -0.2) is 114 Å². The van der Waals surface area contributed by atoms with Crippen molar-refractivity contribution in [1.82, 2.24) is 30.0 Å². The number of likely N-dealkylation sites (tertiary alicyclic amines) is 1. The summed E-state index contributed by atoms with van der Waals surface area (Å²) in [5.41, 5.74) is 3.89. The molecule has 0 aliphatic carbocycles. The summed E-state index contributed by atoms with van der Waals surface area (Å²) in [6.07, 6.45) is 6.90. The quantitative estimate of drug-likeness (QED) is 0.304. The Bertz CT molecular complexity index is 1740. The highest BCUT2D eigenvalue weighted by Gasteiger charge is 2.45. The molecule has 2 aromatic heterocycles. The number of aromatic amines is 1. The normalized spacial score (nSPS) is 20.6. The van der Waals surface area contributed by atoms with Gasteiger partial charge in [-0.2, -0.15) is 5.10 Å². The van der Waals surface area contributed by atoms with E-state index in [0.29, 0.717) is 57.3 Å². The molecule has 0 bridgehead atoms. The molecular formula is C34H38N8O4. The zero-order chi connectivity index (χ0) is 31.5. The van der Waals surface area contributed by atoms with Crippen molar-refractivity contribution in [3.63, 3.8) is 0 Å². The Morgan fingerprint density at radius 2 is 1.80 bits per heavy atom. The highest BCUT2D eigenvalue weighted by Crippen LogP contribution is 2.31. The molecule has 46 heavy (non-hydrogen) atoms. The molecule has 238 valence electrons. The number of aromatic nitrogens is 4. The first-order valence-electron chi connectivity index (χ1n) is 15.8. The molecule has 0 spiro atoms. The van der Waals surface area contributed by atoms with Crippen LogP contribution in [0.15, 0.2) is 67.0 Å². The summed E-state index contributed by atoms with van der Waals surface area (Å²) in [5.74, 6) is 1.41.